The van der Waals surface area contributed by atoms with Gasteiger partial charge in [-0.15, -0.1) is 0 Å². The maximum Gasteiger partial charge on any atom is 0.379 e. The van der Waals surface area contributed by atoms with E-state index in [2.05, 4.69) is 15.5 Å². The molecule has 10 heteroatoms. The summed E-state index contributed by atoms with van der Waals surface area (Å²) in [6.07, 6.45) is 5.05. The largest absolute Gasteiger partial charge is 0.453 e. The van der Waals surface area contributed by atoms with Crippen molar-refractivity contribution in [2.45, 2.75) is 32.6 Å². The number of esters is 1. The molecule has 2 heterocycles. The number of fused-ring (bicyclic) bond motifs is 1. The summed E-state index contributed by atoms with van der Waals surface area (Å²) in [5.41, 5.74) is 5.04. The summed E-state index contributed by atoms with van der Waals surface area (Å²) in [4.78, 5) is 39.1. The maximum absolute atomic E-state index is 12.6. The average Bonchev–Trinajstić information content (AvgIpc) is 3.16. The molecule has 168 valence electrons. The summed E-state index contributed by atoms with van der Waals surface area (Å²) in [5.74, 6) is 0.0388. The summed E-state index contributed by atoms with van der Waals surface area (Å²) in [7, 11) is 0. The molecular formula is C23H20N4O6. The van der Waals surface area contributed by atoms with Crippen molar-refractivity contribution in [3.8, 4) is 5.75 Å². The Kier molecular flexibility index (Phi) is 6.25. The number of nitrogens with one attached hydrogen (secondary N) is 1. The number of carbonyl (C=O) groups is 2. The number of nitro groups is 1. The topological polar surface area (TPSA) is 137 Å². The molecule has 4 rings (SSSR count). The number of aryl methyl sites for hydroxylation is 1. The number of aromatic nitrogens is 1. The Morgan fingerprint density at radius 2 is 2.03 bits per heavy atom. The number of hydrogen-bond donors (Lipinski definition) is 1. The van der Waals surface area contributed by atoms with Gasteiger partial charge in [0.25, 0.3) is 5.69 Å². The lowest BCUT2D eigenvalue weighted by Crippen LogP contribution is -2.23. The molecule has 0 atom stereocenters. The van der Waals surface area contributed by atoms with E-state index in [4.69, 9.17) is 9.15 Å². The third-order valence-electron chi connectivity index (χ3n) is 5.18. The number of nitro benzene ring substituents is 1. The Bertz CT molecular complexity index is 1230. The lowest BCUT2D eigenvalue weighted by molar-refractivity contribution is -0.384. The standard InChI is InChI=1S/C23H20N4O6/c1-14-21-18(25-26-20(28)12-15-7-9-16(10-8-15)27(30)31)5-2-6-19(21)33-22(14)23(29)32-17-4-3-11-24-13-17/h3-4,7-11,13H,2,5-6,12H2,1H3,(H,26,28)/b25-18+. The van der Waals surface area contributed by atoms with Crippen LogP contribution < -0.4 is 10.2 Å². The van der Waals surface area contributed by atoms with Gasteiger partial charge in [-0.1, -0.05) is 12.1 Å². The summed E-state index contributed by atoms with van der Waals surface area (Å²) >= 11 is 0. The fourth-order valence-electron chi connectivity index (χ4n) is 3.63. The minimum Gasteiger partial charge on any atom is -0.453 e. The van der Waals surface area contributed by atoms with Gasteiger partial charge in [-0.05, 0) is 37.5 Å². The number of rotatable bonds is 6. The van der Waals surface area contributed by atoms with Gasteiger partial charge in [-0.25, -0.2) is 10.2 Å². The molecular weight excluding hydrogens is 428 g/mol. The van der Waals surface area contributed by atoms with E-state index in [9.17, 15) is 19.7 Å². The number of ether oxygens (including phenoxy) is 1. The van der Waals surface area contributed by atoms with Crippen molar-refractivity contribution < 1.29 is 23.7 Å². The molecule has 0 saturated heterocycles. The van der Waals surface area contributed by atoms with Gasteiger partial charge in [-0.2, -0.15) is 5.10 Å². The summed E-state index contributed by atoms with van der Waals surface area (Å²) in [6.45, 7) is 1.75. The van der Waals surface area contributed by atoms with Gasteiger partial charge in [0.1, 0.15) is 11.5 Å². The maximum atomic E-state index is 12.6. The van der Waals surface area contributed by atoms with E-state index in [1.807, 2.05) is 0 Å². The van der Waals surface area contributed by atoms with Crippen LogP contribution in [0.4, 0.5) is 5.69 Å². The zero-order valence-corrected chi connectivity index (χ0v) is 17.7. The van der Waals surface area contributed by atoms with Gasteiger partial charge in [0.05, 0.1) is 23.3 Å². The number of benzene rings is 1. The predicted octanol–water partition coefficient (Wildman–Crippen LogP) is 3.51. The molecule has 0 bridgehead atoms. The van der Waals surface area contributed by atoms with Crippen LogP contribution in [-0.4, -0.2) is 27.5 Å². The fourth-order valence-corrected chi connectivity index (χ4v) is 3.63. The van der Waals surface area contributed by atoms with Gasteiger partial charge in [-0.3, -0.25) is 19.9 Å². The van der Waals surface area contributed by atoms with E-state index in [1.54, 1.807) is 25.3 Å². The second-order valence-electron chi connectivity index (χ2n) is 7.48. The zero-order chi connectivity index (χ0) is 23.4. The van der Waals surface area contributed by atoms with E-state index in [1.165, 1.54) is 30.5 Å². The van der Waals surface area contributed by atoms with Crippen LogP contribution in [0.25, 0.3) is 0 Å². The number of hydrogen-bond acceptors (Lipinski definition) is 8. The van der Waals surface area contributed by atoms with Crippen molar-refractivity contribution >= 4 is 23.3 Å². The minimum atomic E-state index is -0.628. The second-order valence-corrected chi connectivity index (χ2v) is 7.48. The highest BCUT2D eigenvalue weighted by Gasteiger charge is 2.29. The molecule has 0 aliphatic heterocycles. The lowest BCUT2D eigenvalue weighted by Gasteiger charge is -2.13. The van der Waals surface area contributed by atoms with Gasteiger partial charge < -0.3 is 9.15 Å². The third-order valence-corrected chi connectivity index (χ3v) is 5.18. The summed E-state index contributed by atoms with van der Waals surface area (Å²) in [6, 6.07) is 9.04. The Hall–Kier alpha value is -4.34. The second kappa shape index (κ2) is 9.43. The molecule has 2 aromatic heterocycles. The third kappa shape index (κ3) is 4.95. The smallest absolute Gasteiger partial charge is 0.379 e. The van der Waals surface area contributed by atoms with Crippen LogP contribution >= 0.6 is 0 Å². The predicted molar refractivity (Wildman–Crippen MR) is 117 cm³/mol. The van der Waals surface area contributed by atoms with Crippen LogP contribution in [-0.2, 0) is 17.6 Å². The highest BCUT2D eigenvalue weighted by molar-refractivity contribution is 6.06. The molecule has 0 spiro atoms. The summed E-state index contributed by atoms with van der Waals surface area (Å²) in [5, 5.41) is 15.0. The molecule has 1 aliphatic rings. The first-order chi connectivity index (χ1) is 15.9. The zero-order valence-electron chi connectivity index (χ0n) is 17.7. The number of nitrogens with zero attached hydrogens (tertiary/aromatic N) is 3. The molecule has 33 heavy (non-hydrogen) atoms. The molecule has 0 unspecified atom stereocenters. The van der Waals surface area contributed by atoms with Crippen molar-refractivity contribution in [1.29, 1.82) is 0 Å². The van der Waals surface area contributed by atoms with E-state index < -0.39 is 10.9 Å². The molecule has 3 aromatic rings. The van der Waals surface area contributed by atoms with Crippen molar-refractivity contribution in [1.82, 2.24) is 10.4 Å². The number of pyridine rings is 1. The van der Waals surface area contributed by atoms with Crippen LogP contribution in [0, 0.1) is 17.0 Å². The fraction of sp³-hybridized carbons (Fsp3) is 0.217. The molecule has 10 nitrogen and oxygen atoms in total. The Labute approximate surface area is 188 Å². The van der Waals surface area contributed by atoms with E-state index in [-0.39, 0.29) is 23.8 Å². The number of hydrazone groups is 1. The Morgan fingerprint density at radius 3 is 2.73 bits per heavy atom. The SMILES string of the molecule is Cc1c(C(=O)Oc2cccnc2)oc2c1/C(=N/NC(=O)Cc1ccc([N+](=O)[O-])cc1)CCC2. The summed E-state index contributed by atoms with van der Waals surface area (Å²) < 4.78 is 11.1. The Balaban J connectivity index is 1.47. The van der Waals surface area contributed by atoms with Crippen molar-refractivity contribution in [3.63, 3.8) is 0 Å². The normalized spacial score (nSPS) is 13.9. The minimum absolute atomic E-state index is 0.0225. The number of non-ortho nitro benzene ring substituents is 1. The van der Waals surface area contributed by atoms with E-state index in [0.717, 1.165) is 6.42 Å². The number of furan rings is 1. The van der Waals surface area contributed by atoms with Crippen LogP contribution in [0.1, 0.15) is 45.8 Å². The molecule has 1 N–H and O–H groups in total. The van der Waals surface area contributed by atoms with Crippen LogP contribution in [0.5, 0.6) is 5.75 Å². The van der Waals surface area contributed by atoms with Crippen LogP contribution in [0.2, 0.25) is 0 Å². The first-order valence-corrected chi connectivity index (χ1v) is 10.3. The molecule has 1 amide bonds. The Morgan fingerprint density at radius 1 is 1.24 bits per heavy atom. The van der Waals surface area contributed by atoms with Gasteiger partial charge >= 0.3 is 5.97 Å². The van der Waals surface area contributed by atoms with Gasteiger partial charge in [0, 0.05) is 35.9 Å². The molecule has 0 fully saturated rings. The van der Waals surface area contributed by atoms with Gasteiger partial charge in [0.2, 0.25) is 11.7 Å². The highest BCUT2D eigenvalue weighted by Crippen LogP contribution is 2.30. The first kappa shape index (κ1) is 21.9. The van der Waals surface area contributed by atoms with Crippen molar-refractivity contribution in [2.24, 2.45) is 5.10 Å². The molecule has 0 saturated carbocycles. The monoisotopic (exact) mass is 448 g/mol. The molecule has 1 aliphatic carbocycles. The highest BCUT2D eigenvalue weighted by atomic mass is 16.6. The first-order valence-electron chi connectivity index (χ1n) is 10.3. The van der Waals surface area contributed by atoms with E-state index in [0.29, 0.717) is 46.8 Å². The molecule has 1 aromatic carbocycles. The number of amides is 1. The van der Waals surface area contributed by atoms with Gasteiger partial charge in [0.15, 0.2) is 0 Å². The van der Waals surface area contributed by atoms with E-state index >= 15 is 0 Å². The lowest BCUT2D eigenvalue weighted by atomic mass is 9.93. The average molecular weight is 448 g/mol. The quantitative estimate of drug-likeness (QED) is 0.346. The molecule has 0 radical (unpaired) electrons. The van der Waals surface area contributed by atoms with Crippen LogP contribution in [0.3, 0.4) is 0 Å². The van der Waals surface area contributed by atoms with Crippen molar-refractivity contribution in [3.05, 3.63) is 87.1 Å². The van der Waals surface area contributed by atoms with Crippen LogP contribution in [0.15, 0.2) is 58.3 Å². The number of carbonyl (C=O) groups excluding carboxylic acids is 2. The van der Waals surface area contributed by atoms with Crippen molar-refractivity contribution in [2.75, 3.05) is 0 Å².